The molecule has 14 heavy (non-hydrogen) atoms. The molecule has 2 N–H and O–H groups in total. The number of anilines is 1. The van der Waals surface area contributed by atoms with E-state index in [1.807, 2.05) is 12.1 Å². The molecule has 1 fully saturated rings. The molecule has 1 saturated carbocycles. The lowest BCUT2D eigenvalue weighted by atomic mass is 10.1. The highest BCUT2D eigenvalue weighted by atomic mass is 14.9. The fraction of sp³-hybridized carbons (Fsp3) is 0.273. The van der Waals surface area contributed by atoms with Crippen molar-refractivity contribution in [2.75, 3.05) is 5.73 Å². The Hall–Kier alpha value is -1.64. The van der Waals surface area contributed by atoms with Crippen LogP contribution in [0.3, 0.4) is 0 Å². The molecular formula is C11H11N3. The van der Waals surface area contributed by atoms with E-state index >= 15 is 0 Å². The summed E-state index contributed by atoms with van der Waals surface area (Å²) in [5.41, 5.74) is 8.15. The first-order valence-corrected chi connectivity index (χ1v) is 4.85. The monoisotopic (exact) mass is 185 g/mol. The Kier molecular flexibility index (Phi) is 1.48. The summed E-state index contributed by atoms with van der Waals surface area (Å²) in [6.07, 6.45) is 4.06. The highest BCUT2D eigenvalue weighted by Gasteiger charge is 2.26. The Morgan fingerprint density at radius 3 is 2.86 bits per heavy atom. The van der Waals surface area contributed by atoms with Crippen LogP contribution in [0.2, 0.25) is 0 Å². The maximum Gasteiger partial charge on any atom is 0.134 e. The highest BCUT2D eigenvalue weighted by molar-refractivity contribution is 5.91. The Bertz CT molecular complexity index is 484. The van der Waals surface area contributed by atoms with Crippen LogP contribution in [0, 0.1) is 0 Å². The van der Waals surface area contributed by atoms with Gasteiger partial charge in [-0.1, -0.05) is 12.1 Å². The van der Waals surface area contributed by atoms with Gasteiger partial charge < -0.3 is 5.73 Å². The van der Waals surface area contributed by atoms with Crippen molar-refractivity contribution in [2.45, 2.75) is 18.8 Å². The maximum absolute atomic E-state index is 5.87. The number of hydrogen-bond donors (Lipinski definition) is 1. The van der Waals surface area contributed by atoms with Crippen molar-refractivity contribution in [3.8, 4) is 0 Å². The molecule has 3 heteroatoms. The predicted octanol–water partition coefficient (Wildman–Crippen LogP) is 2.09. The molecule has 2 aromatic rings. The van der Waals surface area contributed by atoms with E-state index in [9.17, 15) is 0 Å². The fourth-order valence-corrected chi connectivity index (χ4v) is 1.90. The molecule has 70 valence electrons. The summed E-state index contributed by atoms with van der Waals surface area (Å²) in [5, 5.41) is 1.05. The van der Waals surface area contributed by atoms with Crippen LogP contribution in [0.15, 0.2) is 24.5 Å². The Balaban J connectivity index is 2.37. The summed E-state index contributed by atoms with van der Waals surface area (Å²) in [5.74, 6) is 1.30. The topological polar surface area (TPSA) is 51.8 Å². The van der Waals surface area contributed by atoms with Crippen molar-refractivity contribution >= 4 is 16.7 Å². The number of nitrogen functional groups attached to an aromatic ring is 1. The van der Waals surface area contributed by atoms with Crippen LogP contribution >= 0.6 is 0 Å². The summed E-state index contributed by atoms with van der Waals surface area (Å²) >= 11 is 0. The van der Waals surface area contributed by atoms with Crippen LogP contribution < -0.4 is 5.73 Å². The predicted molar refractivity (Wildman–Crippen MR) is 55.9 cm³/mol. The van der Waals surface area contributed by atoms with Crippen molar-refractivity contribution < 1.29 is 0 Å². The van der Waals surface area contributed by atoms with Gasteiger partial charge in [0.15, 0.2) is 0 Å². The van der Waals surface area contributed by atoms with E-state index in [1.54, 1.807) is 0 Å². The van der Waals surface area contributed by atoms with Crippen LogP contribution in [0.5, 0.6) is 0 Å². The van der Waals surface area contributed by atoms with Crippen LogP contribution in [-0.2, 0) is 0 Å². The van der Waals surface area contributed by atoms with E-state index in [4.69, 9.17) is 5.73 Å². The third kappa shape index (κ3) is 1.05. The second-order valence-corrected chi connectivity index (χ2v) is 3.77. The summed E-state index contributed by atoms with van der Waals surface area (Å²) in [6, 6.07) is 6.17. The van der Waals surface area contributed by atoms with E-state index in [0.29, 0.717) is 11.7 Å². The van der Waals surface area contributed by atoms with Gasteiger partial charge in [0.25, 0.3) is 0 Å². The molecule has 1 heterocycles. The molecule has 0 bridgehead atoms. The zero-order valence-electron chi connectivity index (χ0n) is 7.77. The summed E-state index contributed by atoms with van der Waals surface area (Å²) in [4.78, 5) is 8.27. The molecule has 0 atom stereocenters. The number of benzene rings is 1. The number of hydrogen-bond acceptors (Lipinski definition) is 3. The molecule has 3 nitrogen and oxygen atoms in total. The average Bonchev–Trinajstić information content (AvgIpc) is 3.01. The lowest BCUT2D eigenvalue weighted by Gasteiger charge is -2.05. The fourth-order valence-electron chi connectivity index (χ4n) is 1.90. The normalized spacial score (nSPS) is 16.0. The lowest BCUT2D eigenvalue weighted by molar-refractivity contribution is 1.14. The summed E-state index contributed by atoms with van der Waals surface area (Å²) in [6.45, 7) is 0. The van der Waals surface area contributed by atoms with Gasteiger partial charge in [0.1, 0.15) is 12.1 Å². The summed E-state index contributed by atoms with van der Waals surface area (Å²) in [7, 11) is 0. The van der Waals surface area contributed by atoms with Gasteiger partial charge >= 0.3 is 0 Å². The minimum atomic E-state index is 0.609. The number of nitrogens with zero attached hydrogens (tertiary/aromatic N) is 2. The molecular weight excluding hydrogens is 174 g/mol. The lowest BCUT2D eigenvalue weighted by Crippen LogP contribution is -1.96. The molecule has 0 spiro atoms. The van der Waals surface area contributed by atoms with Gasteiger partial charge in [-0.2, -0.15) is 0 Å². The molecule has 0 saturated heterocycles. The van der Waals surface area contributed by atoms with E-state index in [0.717, 1.165) is 10.9 Å². The minimum Gasteiger partial charge on any atom is -0.383 e. The van der Waals surface area contributed by atoms with E-state index in [1.165, 1.54) is 24.7 Å². The molecule has 0 aliphatic heterocycles. The molecule has 1 aromatic carbocycles. The molecule has 0 unspecified atom stereocenters. The maximum atomic E-state index is 5.87. The van der Waals surface area contributed by atoms with Gasteiger partial charge in [-0.3, -0.25) is 0 Å². The smallest absolute Gasteiger partial charge is 0.134 e. The molecule has 1 aromatic heterocycles. The molecule has 3 rings (SSSR count). The van der Waals surface area contributed by atoms with Crippen LogP contribution in [0.25, 0.3) is 10.9 Å². The summed E-state index contributed by atoms with van der Waals surface area (Å²) < 4.78 is 0. The quantitative estimate of drug-likeness (QED) is 0.740. The first-order chi connectivity index (χ1) is 6.86. The Morgan fingerprint density at radius 1 is 1.21 bits per heavy atom. The van der Waals surface area contributed by atoms with E-state index < -0.39 is 0 Å². The first kappa shape index (κ1) is 7.74. The van der Waals surface area contributed by atoms with Gasteiger partial charge in [-0.25, -0.2) is 9.97 Å². The van der Waals surface area contributed by atoms with Gasteiger partial charge in [0.2, 0.25) is 0 Å². The van der Waals surface area contributed by atoms with Crippen molar-refractivity contribution in [3.63, 3.8) is 0 Å². The van der Waals surface area contributed by atoms with Crippen LogP contribution in [0.1, 0.15) is 24.3 Å². The highest BCUT2D eigenvalue weighted by Crippen LogP contribution is 2.43. The second kappa shape index (κ2) is 2.67. The average molecular weight is 185 g/mol. The van der Waals surface area contributed by atoms with E-state index in [2.05, 4.69) is 16.0 Å². The molecule has 1 aliphatic carbocycles. The Labute approximate surface area is 82.0 Å². The molecule has 0 amide bonds. The zero-order valence-corrected chi connectivity index (χ0v) is 7.77. The third-order valence-electron chi connectivity index (χ3n) is 2.74. The van der Waals surface area contributed by atoms with Gasteiger partial charge in [-0.05, 0) is 30.4 Å². The van der Waals surface area contributed by atoms with Crippen LogP contribution in [-0.4, -0.2) is 9.97 Å². The van der Waals surface area contributed by atoms with Gasteiger partial charge in [0.05, 0.1) is 5.52 Å². The van der Waals surface area contributed by atoms with Gasteiger partial charge in [-0.15, -0.1) is 0 Å². The first-order valence-electron chi connectivity index (χ1n) is 4.85. The number of fused-ring (bicyclic) bond motifs is 1. The minimum absolute atomic E-state index is 0.609. The van der Waals surface area contributed by atoms with Gasteiger partial charge in [0, 0.05) is 5.39 Å². The molecule has 0 radical (unpaired) electrons. The standard InChI is InChI=1S/C11H11N3/c12-11-10-8(7-4-5-7)2-1-3-9(10)13-6-14-11/h1-3,6-7H,4-5H2,(H2,12,13,14). The molecule has 1 aliphatic rings. The SMILES string of the molecule is Nc1ncnc2cccc(C3CC3)c12. The number of rotatable bonds is 1. The van der Waals surface area contributed by atoms with Crippen molar-refractivity contribution in [3.05, 3.63) is 30.1 Å². The third-order valence-corrected chi connectivity index (χ3v) is 2.74. The largest absolute Gasteiger partial charge is 0.383 e. The number of aromatic nitrogens is 2. The Morgan fingerprint density at radius 2 is 2.07 bits per heavy atom. The second-order valence-electron chi connectivity index (χ2n) is 3.77. The van der Waals surface area contributed by atoms with E-state index in [-0.39, 0.29) is 0 Å². The number of nitrogens with two attached hydrogens (primary N) is 1. The van der Waals surface area contributed by atoms with Crippen LogP contribution in [0.4, 0.5) is 5.82 Å². The van der Waals surface area contributed by atoms with Crippen molar-refractivity contribution in [2.24, 2.45) is 0 Å². The van der Waals surface area contributed by atoms with Crippen molar-refractivity contribution in [1.29, 1.82) is 0 Å². The van der Waals surface area contributed by atoms with Crippen molar-refractivity contribution in [1.82, 2.24) is 9.97 Å². The zero-order chi connectivity index (χ0) is 9.54.